The van der Waals surface area contributed by atoms with Crippen LogP contribution in [0.2, 0.25) is 0 Å². The number of hydrogen-bond donors (Lipinski definition) is 0. The quantitative estimate of drug-likeness (QED) is 0.744. The lowest BCUT2D eigenvalue weighted by Crippen LogP contribution is -2.12. The van der Waals surface area contributed by atoms with Crippen LogP contribution >= 0.6 is 11.3 Å². The summed E-state index contributed by atoms with van der Waals surface area (Å²) in [6.07, 6.45) is 3.63. The van der Waals surface area contributed by atoms with Crippen molar-refractivity contribution in [2.24, 2.45) is 0 Å². The van der Waals surface area contributed by atoms with Gasteiger partial charge in [-0.3, -0.25) is 0 Å². The number of rotatable bonds is 4. The van der Waals surface area contributed by atoms with Crippen molar-refractivity contribution in [2.75, 3.05) is 0 Å². The molecule has 20 heavy (non-hydrogen) atoms. The van der Waals surface area contributed by atoms with Gasteiger partial charge in [-0.05, 0) is 30.5 Å². The number of thiophene rings is 1. The molecule has 0 N–H and O–H groups in total. The van der Waals surface area contributed by atoms with Gasteiger partial charge in [0.25, 0.3) is 0 Å². The predicted molar refractivity (Wildman–Crippen MR) is 80.5 cm³/mol. The van der Waals surface area contributed by atoms with E-state index in [1.165, 1.54) is 11.3 Å². The van der Waals surface area contributed by atoms with Gasteiger partial charge in [-0.1, -0.05) is 12.1 Å². The fraction of sp³-hybridized carbons (Fsp3) is 0.214. The molecule has 6 heteroatoms. The first kappa shape index (κ1) is 13.3. The summed E-state index contributed by atoms with van der Waals surface area (Å²) in [6.45, 7) is 1.73. The molecule has 0 saturated carbocycles. The maximum absolute atomic E-state index is 12.4. The van der Waals surface area contributed by atoms with E-state index in [0.717, 1.165) is 10.5 Å². The summed E-state index contributed by atoms with van der Waals surface area (Å²) in [4.78, 5) is 5.22. The molecule has 0 spiro atoms. The monoisotopic (exact) mass is 306 g/mol. The molecule has 3 heterocycles. The Bertz CT molecular complexity index is 787. The second kappa shape index (κ2) is 5.03. The molecule has 0 unspecified atom stereocenters. The van der Waals surface area contributed by atoms with Crippen molar-refractivity contribution in [3.05, 3.63) is 58.7 Å². The van der Waals surface area contributed by atoms with E-state index in [0.29, 0.717) is 5.69 Å². The Morgan fingerprint density at radius 2 is 2.15 bits per heavy atom. The van der Waals surface area contributed by atoms with Crippen LogP contribution in [0.3, 0.4) is 0 Å². The van der Waals surface area contributed by atoms with Gasteiger partial charge in [0.05, 0.1) is 16.7 Å². The zero-order chi connectivity index (χ0) is 14.2. The van der Waals surface area contributed by atoms with Gasteiger partial charge in [0.2, 0.25) is 0 Å². The van der Waals surface area contributed by atoms with E-state index in [2.05, 4.69) is 4.98 Å². The van der Waals surface area contributed by atoms with Crippen molar-refractivity contribution in [1.29, 1.82) is 0 Å². The van der Waals surface area contributed by atoms with Crippen molar-refractivity contribution >= 4 is 26.8 Å². The first-order valence-electron chi connectivity index (χ1n) is 6.24. The highest BCUT2D eigenvalue weighted by atomic mass is 32.2. The molecule has 4 nitrogen and oxygen atoms in total. The highest BCUT2D eigenvalue weighted by molar-refractivity contribution is 7.91. The molecule has 3 aromatic heterocycles. The summed E-state index contributed by atoms with van der Waals surface area (Å²) in [5, 5.41) is 1.40. The standard InChI is InChI=1S/C14H14N2O2S2/c1-11(13-5-4-8-19-13)20(17,18)10-12-9-16-7-3-2-6-14(16)15-12/h2-9,11H,10H2,1H3/t11-/m0/s1. The van der Waals surface area contributed by atoms with Crippen molar-refractivity contribution < 1.29 is 8.42 Å². The number of nitrogens with zero attached hydrogens (tertiary/aromatic N) is 2. The van der Waals surface area contributed by atoms with Crippen LogP contribution in [-0.4, -0.2) is 17.8 Å². The summed E-state index contributed by atoms with van der Waals surface area (Å²) in [7, 11) is -3.25. The van der Waals surface area contributed by atoms with Crippen LogP contribution in [0, 0.1) is 0 Å². The molecule has 0 radical (unpaired) electrons. The fourth-order valence-corrected chi connectivity index (χ4v) is 4.59. The number of pyridine rings is 1. The second-order valence-corrected chi connectivity index (χ2v) is 7.96. The van der Waals surface area contributed by atoms with E-state index in [1.807, 2.05) is 46.3 Å². The van der Waals surface area contributed by atoms with Crippen LogP contribution in [0.15, 0.2) is 48.1 Å². The Morgan fingerprint density at radius 3 is 2.85 bits per heavy atom. The third kappa shape index (κ3) is 2.48. The zero-order valence-corrected chi connectivity index (χ0v) is 12.6. The first-order chi connectivity index (χ1) is 9.56. The summed E-state index contributed by atoms with van der Waals surface area (Å²) in [5.41, 5.74) is 1.35. The normalized spacial score (nSPS) is 13.7. The van der Waals surface area contributed by atoms with Gasteiger partial charge in [-0.25, -0.2) is 13.4 Å². The van der Waals surface area contributed by atoms with E-state index < -0.39 is 15.1 Å². The van der Waals surface area contributed by atoms with Gasteiger partial charge >= 0.3 is 0 Å². The van der Waals surface area contributed by atoms with Gasteiger partial charge in [-0.2, -0.15) is 0 Å². The maximum atomic E-state index is 12.4. The number of fused-ring (bicyclic) bond motifs is 1. The van der Waals surface area contributed by atoms with E-state index in [9.17, 15) is 8.42 Å². The SMILES string of the molecule is C[C@@H](c1cccs1)S(=O)(=O)Cc1cn2ccccc2n1. The number of imidazole rings is 1. The molecule has 0 aliphatic heterocycles. The lowest BCUT2D eigenvalue weighted by molar-refractivity contribution is 0.585. The van der Waals surface area contributed by atoms with Crippen molar-refractivity contribution in [3.63, 3.8) is 0 Å². The average molecular weight is 306 g/mol. The molecular weight excluding hydrogens is 292 g/mol. The number of hydrogen-bond acceptors (Lipinski definition) is 4. The molecule has 0 aliphatic rings. The van der Waals surface area contributed by atoms with Crippen LogP contribution < -0.4 is 0 Å². The van der Waals surface area contributed by atoms with E-state index >= 15 is 0 Å². The smallest absolute Gasteiger partial charge is 0.163 e. The maximum Gasteiger partial charge on any atom is 0.163 e. The average Bonchev–Trinajstić information content (AvgIpc) is 3.05. The van der Waals surface area contributed by atoms with Crippen LogP contribution in [-0.2, 0) is 15.6 Å². The van der Waals surface area contributed by atoms with Crippen LogP contribution in [0.5, 0.6) is 0 Å². The van der Waals surface area contributed by atoms with Crippen molar-refractivity contribution in [3.8, 4) is 0 Å². The van der Waals surface area contributed by atoms with Gasteiger partial charge in [0.1, 0.15) is 5.65 Å². The minimum absolute atomic E-state index is 0.0340. The molecule has 0 amide bonds. The minimum Gasteiger partial charge on any atom is -0.307 e. The Hall–Kier alpha value is -1.66. The van der Waals surface area contributed by atoms with Crippen LogP contribution in [0.25, 0.3) is 5.65 Å². The molecular formula is C14H14N2O2S2. The summed E-state index contributed by atoms with van der Waals surface area (Å²) in [5.74, 6) is -0.0340. The Balaban J connectivity index is 1.89. The van der Waals surface area contributed by atoms with Gasteiger partial charge < -0.3 is 4.40 Å². The highest BCUT2D eigenvalue weighted by Crippen LogP contribution is 2.28. The molecule has 3 aromatic rings. The number of aromatic nitrogens is 2. The highest BCUT2D eigenvalue weighted by Gasteiger charge is 2.24. The van der Waals surface area contributed by atoms with E-state index in [1.54, 1.807) is 13.1 Å². The third-order valence-electron chi connectivity index (χ3n) is 3.25. The zero-order valence-electron chi connectivity index (χ0n) is 10.9. The van der Waals surface area contributed by atoms with Crippen LogP contribution in [0.4, 0.5) is 0 Å². The Kier molecular flexibility index (Phi) is 3.35. The molecule has 104 valence electrons. The predicted octanol–water partition coefficient (Wildman–Crippen LogP) is 3.07. The van der Waals surface area contributed by atoms with Crippen molar-refractivity contribution in [1.82, 2.24) is 9.38 Å². The molecule has 0 aromatic carbocycles. The summed E-state index contributed by atoms with van der Waals surface area (Å²) >= 11 is 1.47. The Labute approximate surface area is 121 Å². The van der Waals surface area contributed by atoms with E-state index in [-0.39, 0.29) is 5.75 Å². The molecule has 1 atom stereocenters. The third-order valence-corrected chi connectivity index (χ3v) is 6.48. The van der Waals surface area contributed by atoms with Crippen molar-refractivity contribution in [2.45, 2.75) is 17.9 Å². The molecule has 0 aliphatic carbocycles. The molecule has 0 fully saturated rings. The summed E-state index contributed by atoms with van der Waals surface area (Å²) in [6, 6.07) is 9.36. The topological polar surface area (TPSA) is 51.4 Å². The van der Waals surface area contributed by atoms with Gasteiger partial charge in [0, 0.05) is 17.3 Å². The van der Waals surface area contributed by atoms with Crippen LogP contribution in [0.1, 0.15) is 22.7 Å². The summed E-state index contributed by atoms with van der Waals surface area (Å²) < 4.78 is 26.7. The fourth-order valence-electron chi connectivity index (χ4n) is 2.09. The lowest BCUT2D eigenvalue weighted by Gasteiger charge is -2.09. The first-order valence-corrected chi connectivity index (χ1v) is 8.83. The molecule has 0 bridgehead atoms. The Morgan fingerprint density at radius 1 is 1.30 bits per heavy atom. The largest absolute Gasteiger partial charge is 0.307 e. The van der Waals surface area contributed by atoms with E-state index in [4.69, 9.17) is 0 Å². The molecule has 0 saturated heterocycles. The minimum atomic E-state index is -3.25. The van der Waals surface area contributed by atoms with Gasteiger partial charge in [0.15, 0.2) is 9.84 Å². The molecule has 3 rings (SSSR count). The number of sulfone groups is 1. The second-order valence-electron chi connectivity index (χ2n) is 4.66. The lowest BCUT2D eigenvalue weighted by atomic mass is 10.4. The van der Waals surface area contributed by atoms with Gasteiger partial charge in [-0.15, -0.1) is 11.3 Å².